The summed E-state index contributed by atoms with van der Waals surface area (Å²) in [6.07, 6.45) is 1.28. The van der Waals surface area contributed by atoms with Crippen molar-refractivity contribution in [1.82, 2.24) is 9.88 Å². The number of Topliss-reactive ketones (excluding diaryl/α,β-unsaturated/α-hetero) is 1. The molecule has 33 heavy (non-hydrogen) atoms. The molecule has 0 radical (unpaired) electrons. The summed E-state index contributed by atoms with van der Waals surface area (Å²) >= 11 is 5.91. The quantitative estimate of drug-likeness (QED) is 0.473. The second-order valence-electron chi connectivity index (χ2n) is 7.44. The van der Waals surface area contributed by atoms with Crippen LogP contribution in [0.2, 0.25) is 5.02 Å². The smallest absolute Gasteiger partial charge is 0.412 e. The summed E-state index contributed by atoms with van der Waals surface area (Å²) in [5.41, 5.74) is 1.09. The van der Waals surface area contributed by atoms with Crippen molar-refractivity contribution < 1.29 is 23.5 Å². The van der Waals surface area contributed by atoms with Crippen LogP contribution in [0.25, 0.3) is 10.8 Å². The monoisotopic (exact) mass is 471 g/mol. The summed E-state index contributed by atoms with van der Waals surface area (Å²) in [5, 5.41) is 4.00. The summed E-state index contributed by atoms with van der Waals surface area (Å²) in [5.74, 6) is -0.551. The maximum absolute atomic E-state index is 13.5. The normalized spacial score (nSPS) is 10.7. The number of hydrogen-bond acceptors (Lipinski definition) is 5. The number of aromatic nitrogens is 1. The summed E-state index contributed by atoms with van der Waals surface area (Å²) in [6, 6.07) is 11.4. The van der Waals surface area contributed by atoms with E-state index < -0.39 is 11.9 Å². The number of ketones is 1. The molecule has 0 aliphatic rings. The van der Waals surface area contributed by atoms with Crippen LogP contribution >= 0.6 is 11.6 Å². The number of likely N-dealkylation sites (N-methyl/N-ethyl adjacent to an activating group) is 1. The number of pyridine rings is 1. The average Bonchev–Trinajstić information content (AvgIpc) is 2.79. The third-order valence-electron chi connectivity index (χ3n) is 5.10. The number of anilines is 1. The molecule has 0 spiro atoms. The van der Waals surface area contributed by atoms with Crippen molar-refractivity contribution in [2.45, 2.75) is 19.8 Å². The summed E-state index contributed by atoms with van der Waals surface area (Å²) in [7, 11) is 1.59. The van der Waals surface area contributed by atoms with Gasteiger partial charge in [0.1, 0.15) is 18.2 Å². The first kappa shape index (κ1) is 24.1. The number of halogens is 2. The maximum atomic E-state index is 13.5. The number of nitrogens with one attached hydrogen (secondary N) is 1. The predicted molar refractivity (Wildman–Crippen MR) is 124 cm³/mol. The van der Waals surface area contributed by atoms with Gasteiger partial charge in [-0.15, -0.1) is 0 Å². The zero-order valence-electron chi connectivity index (χ0n) is 18.2. The van der Waals surface area contributed by atoms with Crippen LogP contribution in [0.1, 0.15) is 29.3 Å². The van der Waals surface area contributed by atoms with E-state index in [4.69, 9.17) is 16.3 Å². The van der Waals surface area contributed by atoms with E-state index in [2.05, 4.69) is 10.3 Å². The Morgan fingerprint density at radius 1 is 1.18 bits per heavy atom. The van der Waals surface area contributed by atoms with Gasteiger partial charge in [-0.2, -0.15) is 0 Å². The average molecular weight is 472 g/mol. The number of amides is 2. The van der Waals surface area contributed by atoms with Crippen molar-refractivity contribution in [2.24, 2.45) is 0 Å². The number of rotatable bonds is 8. The molecule has 2 aromatic carbocycles. The topological polar surface area (TPSA) is 88.6 Å². The van der Waals surface area contributed by atoms with E-state index >= 15 is 0 Å². The van der Waals surface area contributed by atoms with Crippen molar-refractivity contribution >= 4 is 46.0 Å². The van der Waals surface area contributed by atoms with Gasteiger partial charge in [-0.25, -0.2) is 14.2 Å². The van der Waals surface area contributed by atoms with Gasteiger partial charge >= 0.3 is 6.09 Å². The Hall–Kier alpha value is -3.52. The Balaban J connectivity index is 1.48. The van der Waals surface area contributed by atoms with Crippen LogP contribution in [0, 0.1) is 5.82 Å². The molecule has 0 unspecified atom stereocenters. The van der Waals surface area contributed by atoms with Crippen molar-refractivity contribution in [3.8, 4) is 0 Å². The number of hydrogen-bond donors (Lipinski definition) is 1. The minimum atomic E-state index is -0.727. The maximum Gasteiger partial charge on any atom is 0.412 e. The number of carbonyl (C=O) groups is 3. The van der Waals surface area contributed by atoms with Crippen LogP contribution < -0.4 is 5.32 Å². The molecule has 1 N–H and O–H groups in total. The molecular formula is C24H23ClFN3O4. The Morgan fingerprint density at radius 2 is 1.94 bits per heavy atom. The van der Waals surface area contributed by atoms with Crippen LogP contribution in [0.5, 0.6) is 0 Å². The second kappa shape index (κ2) is 10.9. The number of aryl methyl sites for hydroxylation is 1. The molecule has 0 fully saturated rings. The fraction of sp³-hybridized carbons (Fsp3) is 0.250. The predicted octanol–water partition coefficient (Wildman–Crippen LogP) is 4.87. The standard InChI is InChI=1S/C24H23ClFN3O4/c1-15(30)18-7-3-6-17-14-27-21(13-19(17)18)28-24(32)33-12-11-29(2)22(31)10-9-16-5-4-8-20(26)23(16)25/h3-8,13-14H,9-12H2,1-2H3,(H,27,28,32). The highest BCUT2D eigenvalue weighted by Crippen LogP contribution is 2.22. The van der Waals surface area contributed by atoms with Crippen molar-refractivity contribution in [1.29, 1.82) is 0 Å². The summed E-state index contributed by atoms with van der Waals surface area (Å²) in [4.78, 5) is 41.8. The molecule has 3 rings (SSSR count). The molecule has 2 amide bonds. The molecule has 3 aromatic rings. The third kappa shape index (κ3) is 6.26. The zero-order chi connectivity index (χ0) is 24.0. The SMILES string of the molecule is CC(=O)c1cccc2cnc(NC(=O)OCCN(C)C(=O)CCc3cccc(F)c3Cl)cc12. The zero-order valence-corrected chi connectivity index (χ0v) is 19.0. The third-order valence-corrected chi connectivity index (χ3v) is 5.52. The molecule has 0 bridgehead atoms. The van der Waals surface area contributed by atoms with E-state index in [0.29, 0.717) is 22.9 Å². The number of carbonyl (C=O) groups excluding carboxylic acids is 3. The number of ether oxygens (including phenoxy) is 1. The van der Waals surface area contributed by atoms with E-state index in [1.807, 2.05) is 6.07 Å². The van der Waals surface area contributed by atoms with E-state index in [-0.39, 0.29) is 42.1 Å². The Bertz CT molecular complexity index is 1200. The van der Waals surface area contributed by atoms with Crippen LogP contribution in [0.3, 0.4) is 0 Å². The lowest BCUT2D eigenvalue weighted by Gasteiger charge is -2.17. The molecule has 7 nitrogen and oxygen atoms in total. The van der Waals surface area contributed by atoms with Gasteiger partial charge in [-0.05, 0) is 36.4 Å². The first-order chi connectivity index (χ1) is 15.8. The van der Waals surface area contributed by atoms with Crippen LogP contribution in [0.4, 0.5) is 15.0 Å². The fourth-order valence-corrected chi connectivity index (χ4v) is 3.48. The first-order valence-electron chi connectivity index (χ1n) is 10.3. The number of benzene rings is 2. The molecule has 0 atom stereocenters. The summed E-state index contributed by atoms with van der Waals surface area (Å²) in [6.45, 7) is 1.63. The lowest BCUT2D eigenvalue weighted by atomic mass is 10.0. The highest BCUT2D eigenvalue weighted by atomic mass is 35.5. The van der Waals surface area contributed by atoms with Gasteiger partial charge in [0, 0.05) is 30.6 Å². The molecule has 9 heteroatoms. The van der Waals surface area contributed by atoms with E-state index in [1.165, 1.54) is 17.9 Å². The van der Waals surface area contributed by atoms with Crippen LogP contribution in [0.15, 0.2) is 48.7 Å². The van der Waals surface area contributed by atoms with E-state index in [0.717, 1.165) is 5.39 Å². The minimum absolute atomic E-state index is 0.0191. The number of fused-ring (bicyclic) bond motifs is 1. The molecule has 1 aromatic heterocycles. The van der Waals surface area contributed by atoms with Gasteiger partial charge in [0.05, 0.1) is 11.6 Å². The van der Waals surface area contributed by atoms with Crippen molar-refractivity contribution in [3.05, 3.63) is 70.6 Å². The first-order valence-corrected chi connectivity index (χ1v) is 10.6. The molecule has 0 saturated heterocycles. The second-order valence-corrected chi connectivity index (χ2v) is 7.82. The van der Waals surface area contributed by atoms with Gasteiger partial charge in [0.15, 0.2) is 5.78 Å². The fourth-order valence-electron chi connectivity index (χ4n) is 3.26. The van der Waals surface area contributed by atoms with Gasteiger partial charge in [-0.1, -0.05) is 41.9 Å². The van der Waals surface area contributed by atoms with Crippen LogP contribution in [-0.4, -0.2) is 47.9 Å². The lowest BCUT2D eigenvalue weighted by Crippen LogP contribution is -2.31. The van der Waals surface area contributed by atoms with Gasteiger partial charge in [0.2, 0.25) is 5.91 Å². The van der Waals surface area contributed by atoms with Crippen LogP contribution in [-0.2, 0) is 16.0 Å². The summed E-state index contributed by atoms with van der Waals surface area (Å²) < 4.78 is 18.6. The Morgan fingerprint density at radius 3 is 2.70 bits per heavy atom. The molecule has 0 aliphatic carbocycles. The highest BCUT2D eigenvalue weighted by Gasteiger charge is 2.13. The molecular weight excluding hydrogens is 449 g/mol. The Kier molecular flexibility index (Phi) is 7.95. The largest absolute Gasteiger partial charge is 0.447 e. The molecule has 172 valence electrons. The minimum Gasteiger partial charge on any atom is -0.447 e. The number of nitrogens with zero attached hydrogens (tertiary/aromatic N) is 2. The molecule has 0 aliphatic heterocycles. The lowest BCUT2D eigenvalue weighted by molar-refractivity contribution is -0.130. The van der Waals surface area contributed by atoms with E-state index in [9.17, 15) is 18.8 Å². The molecule has 0 saturated carbocycles. The van der Waals surface area contributed by atoms with Crippen molar-refractivity contribution in [2.75, 3.05) is 25.5 Å². The highest BCUT2D eigenvalue weighted by molar-refractivity contribution is 6.31. The van der Waals surface area contributed by atoms with E-state index in [1.54, 1.807) is 43.6 Å². The van der Waals surface area contributed by atoms with Gasteiger partial charge < -0.3 is 9.64 Å². The van der Waals surface area contributed by atoms with Gasteiger partial charge in [0.25, 0.3) is 0 Å². The molecule has 1 heterocycles. The van der Waals surface area contributed by atoms with Gasteiger partial charge in [-0.3, -0.25) is 14.9 Å². The van der Waals surface area contributed by atoms with Crippen molar-refractivity contribution in [3.63, 3.8) is 0 Å². The Labute approximate surface area is 195 Å².